The molecule has 0 aromatic carbocycles. The fraction of sp³-hybridized carbons (Fsp3) is 1.00. The van der Waals surface area contributed by atoms with Crippen molar-refractivity contribution >= 4 is 7.85 Å². The highest BCUT2D eigenvalue weighted by Gasteiger charge is 2.21. The highest BCUT2D eigenvalue weighted by atomic mass is 19.1. The minimum atomic E-state index is -1.27. The second-order valence-electron chi connectivity index (χ2n) is 3.01. The van der Waals surface area contributed by atoms with Crippen molar-refractivity contribution in [1.82, 2.24) is 0 Å². The maximum Gasteiger partial charge on any atom is 0.115 e. The van der Waals surface area contributed by atoms with Gasteiger partial charge >= 0.3 is 0 Å². The number of methoxy groups -OCH3 is 1. The van der Waals surface area contributed by atoms with Crippen molar-refractivity contribution in [3.8, 4) is 0 Å². The van der Waals surface area contributed by atoms with Gasteiger partial charge < -0.3 is 14.6 Å². The van der Waals surface area contributed by atoms with Crippen LogP contribution in [0.25, 0.3) is 0 Å². The molecule has 0 rings (SSSR count). The molecule has 0 aromatic heterocycles. The summed E-state index contributed by atoms with van der Waals surface area (Å²) in [5.74, 6) is 0. The fourth-order valence-corrected chi connectivity index (χ4v) is 0.767. The summed E-state index contributed by atoms with van der Waals surface area (Å²) in [6.07, 6.45) is -2.58. The quantitative estimate of drug-likeness (QED) is 0.610. The van der Waals surface area contributed by atoms with Gasteiger partial charge in [-0.25, -0.2) is 4.39 Å². The summed E-state index contributed by atoms with van der Waals surface area (Å²) in [4.78, 5) is 0. The van der Waals surface area contributed by atoms with Crippen LogP contribution < -0.4 is 0 Å². The van der Waals surface area contributed by atoms with Crippen molar-refractivity contribution in [2.75, 3.05) is 13.7 Å². The third-order valence-electron chi connectivity index (χ3n) is 1.65. The Kier molecular flexibility index (Phi) is 6.29. The number of alkyl halides is 1. The molecule has 0 spiro atoms. The lowest BCUT2D eigenvalue weighted by atomic mass is 9.95. The molecule has 0 amide bonds. The number of aliphatic hydroxyl groups excluding tert-OH is 1. The Balaban J connectivity index is 3.94. The van der Waals surface area contributed by atoms with Gasteiger partial charge in [0.25, 0.3) is 0 Å². The van der Waals surface area contributed by atoms with E-state index in [0.717, 1.165) is 0 Å². The van der Waals surface area contributed by atoms with Gasteiger partial charge in [0.15, 0.2) is 0 Å². The van der Waals surface area contributed by atoms with Crippen LogP contribution in [0.5, 0.6) is 0 Å². The Labute approximate surface area is 79.6 Å². The Morgan fingerprint density at radius 1 is 1.46 bits per heavy atom. The minimum absolute atomic E-state index is 0.193. The van der Waals surface area contributed by atoms with E-state index in [1.54, 1.807) is 6.92 Å². The van der Waals surface area contributed by atoms with E-state index >= 15 is 0 Å². The van der Waals surface area contributed by atoms with Crippen LogP contribution >= 0.6 is 0 Å². The molecule has 3 nitrogen and oxygen atoms in total. The SMILES string of the molecule is [B]C(O[C@H](COC)[C@H](C)O)[C@@H](C)F. The molecule has 0 heterocycles. The van der Waals surface area contributed by atoms with Gasteiger partial charge in [-0.2, -0.15) is 0 Å². The van der Waals surface area contributed by atoms with Gasteiger partial charge in [-0.15, -0.1) is 0 Å². The van der Waals surface area contributed by atoms with Gasteiger partial charge in [0.1, 0.15) is 20.1 Å². The molecule has 0 fully saturated rings. The smallest absolute Gasteiger partial charge is 0.115 e. The molecule has 0 aliphatic carbocycles. The van der Waals surface area contributed by atoms with Crippen LogP contribution in [0.15, 0.2) is 0 Å². The average molecular weight is 190 g/mol. The lowest BCUT2D eigenvalue weighted by molar-refractivity contribution is -0.0901. The van der Waals surface area contributed by atoms with Crippen LogP contribution in [-0.4, -0.2) is 51.1 Å². The number of rotatable bonds is 6. The molecule has 2 radical (unpaired) electrons. The number of aliphatic hydroxyl groups is 1. The van der Waals surface area contributed by atoms with Crippen molar-refractivity contribution < 1.29 is 19.0 Å². The van der Waals surface area contributed by atoms with Crippen LogP contribution in [0.2, 0.25) is 0 Å². The van der Waals surface area contributed by atoms with Gasteiger partial charge in [-0.1, -0.05) is 0 Å². The second kappa shape index (κ2) is 6.35. The monoisotopic (exact) mass is 190 g/mol. The normalized spacial score (nSPS) is 20.7. The first kappa shape index (κ1) is 12.9. The molecule has 0 saturated carbocycles. The molecule has 1 unspecified atom stereocenters. The average Bonchev–Trinajstić information content (AvgIpc) is 2.03. The van der Waals surface area contributed by atoms with E-state index in [2.05, 4.69) is 0 Å². The van der Waals surface area contributed by atoms with E-state index in [1.807, 2.05) is 0 Å². The lowest BCUT2D eigenvalue weighted by Crippen LogP contribution is -2.38. The van der Waals surface area contributed by atoms with Crippen LogP contribution in [0.1, 0.15) is 13.8 Å². The van der Waals surface area contributed by atoms with Gasteiger partial charge in [0.05, 0.1) is 12.7 Å². The van der Waals surface area contributed by atoms with E-state index < -0.39 is 24.4 Å². The molecule has 0 aliphatic heterocycles. The molecule has 13 heavy (non-hydrogen) atoms. The first-order valence-electron chi connectivity index (χ1n) is 4.21. The largest absolute Gasteiger partial charge is 0.391 e. The highest BCUT2D eigenvalue weighted by Crippen LogP contribution is 2.07. The topological polar surface area (TPSA) is 38.7 Å². The fourth-order valence-electron chi connectivity index (χ4n) is 0.767. The Bertz CT molecular complexity index is 133. The summed E-state index contributed by atoms with van der Waals surface area (Å²) >= 11 is 0. The van der Waals surface area contributed by atoms with Crippen molar-refractivity contribution in [3.05, 3.63) is 0 Å². The van der Waals surface area contributed by atoms with Crippen LogP contribution in [0, 0.1) is 0 Å². The second-order valence-corrected chi connectivity index (χ2v) is 3.01. The van der Waals surface area contributed by atoms with E-state index in [-0.39, 0.29) is 6.61 Å². The van der Waals surface area contributed by atoms with Crippen molar-refractivity contribution in [1.29, 1.82) is 0 Å². The Morgan fingerprint density at radius 3 is 2.31 bits per heavy atom. The summed E-state index contributed by atoms with van der Waals surface area (Å²) < 4.78 is 22.4. The number of ether oxygens (including phenoxy) is 2. The zero-order valence-corrected chi connectivity index (χ0v) is 8.24. The third kappa shape index (κ3) is 5.23. The molecule has 0 saturated heterocycles. The zero-order valence-electron chi connectivity index (χ0n) is 8.24. The summed E-state index contributed by atoms with van der Waals surface area (Å²) in [6, 6.07) is -1.02. The summed E-state index contributed by atoms with van der Waals surface area (Å²) in [6.45, 7) is 3.04. The number of hydrogen-bond donors (Lipinski definition) is 1. The van der Waals surface area contributed by atoms with Gasteiger partial charge in [-0.3, -0.25) is 0 Å². The molecule has 0 aliphatic rings. The molecule has 0 aromatic rings. The molecular formula is C8H16BFO3. The van der Waals surface area contributed by atoms with E-state index in [4.69, 9.17) is 17.3 Å². The standard InChI is InChI=1S/C8H16BFO3/c1-5(10)8(9)13-7(4-12-3)6(2)11/h5-8,11H,4H2,1-3H3/t5-,6+,7-,8?/m1/s1. The van der Waals surface area contributed by atoms with Gasteiger partial charge in [0, 0.05) is 13.1 Å². The Hall–Kier alpha value is -0.125. The first-order valence-corrected chi connectivity index (χ1v) is 4.21. The van der Waals surface area contributed by atoms with Crippen molar-refractivity contribution in [2.45, 2.75) is 38.2 Å². The third-order valence-corrected chi connectivity index (χ3v) is 1.65. The summed E-state index contributed by atoms with van der Waals surface area (Å²) in [5.41, 5.74) is 0. The molecular weight excluding hydrogens is 174 g/mol. The number of hydrogen-bond acceptors (Lipinski definition) is 3. The maximum absolute atomic E-state index is 12.6. The van der Waals surface area contributed by atoms with Crippen molar-refractivity contribution in [2.24, 2.45) is 0 Å². The Morgan fingerprint density at radius 2 is 2.00 bits per heavy atom. The van der Waals surface area contributed by atoms with Crippen LogP contribution in [-0.2, 0) is 9.47 Å². The molecule has 1 N–H and O–H groups in total. The van der Waals surface area contributed by atoms with Crippen molar-refractivity contribution in [3.63, 3.8) is 0 Å². The summed E-state index contributed by atoms with van der Waals surface area (Å²) in [5, 5.41) is 9.19. The predicted molar refractivity (Wildman–Crippen MR) is 48.5 cm³/mol. The minimum Gasteiger partial charge on any atom is -0.391 e. The maximum atomic E-state index is 12.6. The molecule has 76 valence electrons. The zero-order chi connectivity index (χ0) is 10.4. The molecule has 5 heteroatoms. The highest BCUT2D eigenvalue weighted by molar-refractivity contribution is 6.11. The molecule has 4 atom stereocenters. The summed E-state index contributed by atoms with van der Waals surface area (Å²) in [7, 11) is 6.80. The predicted octanol–water partition coefficient (Wildman–Crippen LogP) is 0.251. The van der Waals surface area contributed by atoms with E-state index in [0.29, 0.717) is 0 Å². The van der Waals surface area contributed by atoms with E-state index in [9.17, 15) is 9.50 Å². The first-order chi connectivity index (χ1) is 5.99. The van der Waals surface area contributed by atoms with Crippen LogP contribution in [0.4, 0.5) is 4.39 Å². The van der Waals surface area contributed by atoms with E-state index in [1.165, 1.54) is 14.0 Å². The van der Waals surface area contributed by atoms with Gasteiger partial charge in [0.2, 0.25) is 0 Å². The molecule has 0 bridgehead atoms. The van der Waals surface area contributed by atoms with Crippen LogP contribution in [0.3, 0.4) is 0 Å². The lowest BCUT2D eigenvalue weighted by Gasteiger charge is -2.25. The number of halogens is 1. The van der Waals surface area contributed by atoms with Gasteiger partial charge in [-0.05, 0) is 13.8 Å².